The Hall–Kier alpha value is -1.08. The fourth-order valence-corrected chi connectivity index (χ4v) is 5.69. The van der Waals surface area contributed by atoms with Crippen molar-refractivity contribution in [3.63, 3.8) is 0 Å². The third-order valence-corrected chi connectivity index (χ3v) is 8.14. The molecule has 0 aromatic heterocycles. The number of hydrogen-bond donors (Lipinski definition) is 1. The Morgan fingerprint density at radius 2 is 1.73 bits per heavy atom. The summed E-state index contributed by atoms with van der Waals surface area (Å²) in [6.45, 7) is 16.2. The molecule has 1 heteroatoms. The van der Waals surface area contributed by atoms with Gasteiger partial charge in [0.25, 0.3) is 0 Å². The van der Waals surface area contributed by atoms with Crippen LogP contribution >= 0.6 is 0 Å². The van der Waals surface area contributed by atoms with Gasteiger partial charge in [-0.15, -0.1) is 0 Å². The average molecular weight is 413 g/mol. The zero-order valence-electron chi connectivity index (χ0n) is 21.0. The van der Waals surface area contributed by atoms with E-state index in [2.05, 4.69) is 66.7 Å². The molecule has 0 bridgehead atoms. The molecular formula is C29H48O. The quantitative estimate of drug-likeness (QED) is 0.280. The molecule has 0 aromatic rings. The molecule has 2 aliphatic carbocycles. The fraction of sp³-hybridized carbons (Fsp3) is 0.724. The van der Waals surface area contributed by atoms with Crippen molar-refractivity contribution >= 4 is 0 Å². The van der Waals surface area contributed by atoms with Crippen LogP contribution in [0.15, 0.2) is 46.1 Å². The van der Waals surface area contributed by atoms with Gasteiger partial charge in [-0.25, -0.2) is 0 Å². The molecule has 30 heavy (non-hydrogen) atoms. The van der Waals surface area contributed by atoms with Crippen LogP contribution in [-0.2, 0) is 0 Å². The fourth-order valence-electron chi connectivity index (χ4n) is 5.69. The van der Waals surface area contributed by atoms with Crippen LogP contribution in [0.2, 0.25) is 0 Å². The summed E-state index contributed by atoms with van der Waals surface area (Å²) in [6.07, 6.45) is 20.4. The first-order valence-electron chi connectivity index (χ1n) is 12.5. The Morgan fingerprint density at radius 3 is 2.43 bits per heavy atom. The molecule has 170 valence electrons. The van der Waals surface area contributed by atoms with E-state index >= 15 is 0 Å². The maximum absolute atomic E-state index is 10.3. The van der Waals surface area contributed by atoms with Gasteiger partial charge in [0.05, 0.1) is 6.10 Å². The molecule has 0 radical (unpaired) electrons. The van der Waals surface area contributed by atoms with Gasteiger partial charge < -0.3 is 5.11 Å². The zero-order chi connectivity index (χ0) is 22.4. The van der Waals surface area contributed by atoms with Crippen LogP contribution < -0.4 is 0 Å². The van der Waals surface area contributed by atoms with E-state index in [9.17, 15) is 5.11 Å². The summed E-state index contributed by atoms with van der Waals surface area (Å²) in [5.41, 5.74) is 7.75. The number of aliphatic hydroxyl groups excluding tert-OH is 1. The van der Waals surface area contributed by atoms with Gasteiger partial charge in [0.15, 0.2) is 0 Å². The molecule has 2 rings (SSSR count). The lowest BCUT2D eigenvalue weighted by atomic mass is 9.55. The number of rotatable bonds is 10. The summed E-state index contributed by atoms with van der Waals surface area (Å²) in [5.74, 6) is 0. The minimum Gasteiger partial charge on any atom is -0.385 e. The number of aliphatic hydroxyl groups is 1. The SMILES string of the molecule is CCCC/C=C(\C)CC/C=C(\C)CCCC1(C)CCC2=CC(O)C(C)=C(C)C2(C)C1. The summed E-state index contributed by atoms with van der Waals surface area (Å²) >= 11 is 0. The van der Waals surface area contributed by atoms with Crippen LogP contribution in [0, 0.1) is 10.8 Å². The van der Waals surface area contributed by atoms with Gasteiger partial charge in [0.2, 0.25) is 0 Å². The van der Waals surface area contributed by atoms with E-state index in [-0.39, 0.29) is 11.5 Å². The Kier molecular flexibility index (Phi) is 9.22. The van der Waals surface area contributed by atoms with E-state index in [1.54, 1.807) is 11.1 Å². The average Bonchev–Trinajstić information content (AvgIpc) is 2.68. The molecule has 0 heterocycles. The Morgan fingerprint density at radius 1 is 1.07 bits per heavy atom. The van der Waals surface area contributed by atoms with E-state index in [0.717, 1.165) is 6.42 Å². The van der Waals surface area contributed by atoms with Crippen molar-refractivity contribution in [2.45, 2.75) is 125 Å². The first-order valence-corrected chi connectivity index (χ1v) is 12.5. The molecule has 1 nitrogen and oxygen atoms in total. The van der Waals surface area contributed by atoms with Crippen molar-refractivity contribution in [2.75, 3.05) is 0 Å². The van der Waals surface area contributed by atoms with E-state index in [0.29, 0.717) is 5.41 Å². The standard InChI is InChI=1S/C29H48O/c1-8-9-10-13-22(2)14-11-15-23(3)16-12-18-28(6)19-17-26-20-27(30)24(4)25(5)29(26,7)21-28/h13,15,20,27,30H,8-12,14,16-19,21H2,1-7H3/b22-13+,23-15+. The van der Waals surface area contributed by atoms with Crippen LogP contribution in [0.1, 0.15) is 119 Å². The summed E-state index contributed by atoms with van der Waals surface area (Å²) in [4.78, 5) is 0. The van der Waals surface area contributed by atoms with Crippen LogP contribution in [0.25, 0.3) is 0 Å². The van der Waals surface area contributed by atoms with E-state index in [1.807, 2.05) is 0 Å². The van der Waals surface area contributed by atoms with Gasteiger partial charge in [-0.3, -0.25) is 0 Å². The van der Waals surface area contributed by atoms with E-state index in [4.69, 9.17) is 0 Å². The highest BCUT2D eigenvalue weighted by Gasteiger charge is 2.45. The van der Waals surface area contributed by atoms with Crippen molar-refractivity contribution in [2.24, 2.45) is 10.8 Å². The Bertz CT molecular complexity index is 704. The number of hydrogen-bond acceptors (Lipinski definition) is 1. The lowest BCUT2D eigenvalue weighted by Gasteiger charge is -2.50. The van der Waals surface area contributed by atoms with E-state index in [1.165, 1.54) is 80.9 Å². The molecule has 1 N–H and O–H groups in total. The molecule has 1 saturated carbocycles. The number of unbranched alkanes of at least 4 members (excludes halogenated alkanes) is 2. The van der Waals surface area contributed by atoms with Gasteiger partial charge in [-0.2, -0.15) is 0 Å². The van der Waals surface area contributed by atoms with Crippen LogP contribution in [0.5, 0.6) is 0 Å². The topological polar surface area (TPSA) is 20.2 Å². The summed E-state index contributed by atoms with van der Waals surface area (Å²) in [6, 6.07) is 0. The van der Waals surface area contributed by atoms with Crippen LogP contribution in [0.4, 0.5) is 0 Å². The van der Waals surface area contributed by atoms with Crippen LogP contribution in [0.3, 0.4) is 0 Å². The maximum Gasteiger partial charge on any atom is 0.0934 e. The third-order valence-electron chi connectivity index (χ3n) is 8.14. The molecule has 0 aliphatic heterocycles. The maximum atomic E-state index is 10.3. The number of fused-ring (bicyclic) bond motifs is 1. The Labute approximate surface area is 187 Å². The number of allylic oxidation sites excluding steroid dienone is 6. The monoisotopic (exact) mass is 412 g/mol. The second-order valence-electron chi connectivity index (χ2n) is 10.9. The zero-order valence-corrected chi connectivity index (χ0v) is 21.0. The van der Waals surface area contributed by atoms with Gasteiger partial charge in [-0.1, -0.05) is 74.1 Å². The molecule has 0 aromatic carbocycles. The smallest absolute Gasteiger partial charge is 0.0934 e. The minimum absolute atomic E-state index is 0.156. The van der Waals surface area contributed by atoms with Gasteiger partial charge >= 0.3 is 0 Å². The lowest BCUT2D eigenvalue weighted by Crippen LogP contribution is -2.39. The van der Waals surface area contributed by atoms with Crippen molar-refractivity contribution in [3.05, 3.63) is 46.1 Å². The van der Waals surface area contributed by atoms with Crippen molar-refractivity contribution in [1.82, 2.24) is 0 Å². The Balaban J connectivity index is 1.83. The molecule has 3 unspecified atom stereocenters. The van der Waals surface area contributed by atoms with Crippen molar-refractivity contribution in [3.8, 4) is 0 Å². The second-order valence-corrected chi connectivity index (χ2v) is 10.9. The molecule has 2 aliphatic rings. The molecule has 0 saturated heterocycles. The van der Waals surface area contributed by atoms with Crippen molar-refractivity contribution in [1.29, 1.82) is 0 Å². The highest BCUT2D eigenvalue weighted by molar-refractivity contribution is 5.41. The largest absolute Gasteiger partial charge is 0.385 e. The van der Waals surface area contributed by atoms with Gasteiger partial charge in [0, 0.05) is 5.41 Å². The summed E-state index contributed by atoms with van der Waals surface area (Å²) in [5, 5.41) is 10.3. The molecule has 3 atom stereocenters. The van der Waals surface area contributed by atoms with Crippen LogP contribution in [-0.4, -0.2) is 11.2 Å². The van der Waals surface area contributed by atoms with Gasteiger partial charge in [0.1, 0.15) is 0 Å². The van der Waals surface area contributed by atoms with E-state index < -0.39 is 0 Å². The first kappa shape index (κ1) is 25.2. The predicted octanol–water partition coefficient (Wildman–Crippen LogP) is 8.85. The highest BCUT2D eigenvalue weighted by Crippen LogP contribution is 2.57. The summed E-state index contributed by atoms with van der Waals surface area (Å²) in [7, 11) is 0. The molecule has 0 spiro atoms. The molecule has 0 amide bonds. The highest BCUT2D eigenvalue weighted by atomic mass is 16.3. The second kappa shape index (κ2) is 11.0. The lowest BCUT2D eigenvalue weighted by molar-refractivity contribution is 0.134. The summed E-state index contributed by atoms with van der Waals surface area (Å²) < 4.78 is 0. The first-order chi connectivity index (χ1) is 14.1. The van der Waals surface area contributed by atoms with Gasteiger partial charge in [-0.05, 0) is 96.5 Å². The third kappa shape index (κ3) is 6.46. The predicted molar refractivity (Wildman–Crippen MR) is 133 cm³/mol. The van der Waals surface area contributed by atoms with Crippen molar-refractivity contribution < 1.29 is 5.11 Å². The normalized spacial score (nSPS) is 30.4. The molecular weight excluding hydrogens is 364 g/mol. The minimum atomic E-state index is -0.365. The molecule has 1 fully saturated rings.